The normalized spacial score (nSPS) is 10.3. The van der Waals surface area contributed by atoms with Crippen molar-refractivity contribution in [3.63, 3.8) is 0 Å². The van der Waals surface area contributed by atoms with E-state index in [2.05, 4.69) is 71.2 Å². The van der Waals surface area contributed by atoms with Gasteiger partial charge in [-0.3, -0.25) is 0 Å². The van der Waals surface area contributed by atoms with Gasteiger partial charge in [-0.15, -0.1) is 0 Å². The number of halogens is 2. The fourth-order valence-corrected chi connectivity index (χ4v) is 3.42. The predicted octanol–water partition coefficient (Wildman–Crippen LogP) is 4.17. The van der Waals surface area contributed by atoms with Crippen molar-refractivity contribution in [1.82, 2.24) is 0 Å². The molecule has 0 fully saturated rings. The zero-order valence-corrected chi connectivity index (χ0v) is 11.6. The van der Waals surface area contributed by atoms with Crippen molar-refractivity contribution < 1.29 is 0 Å². The van der Waals surface area contributed by atoms with Gasteiger partial charge in [-0.25, -0.2) is 0 Å². The van der Waals surface area contributed by atoms with Crippen molar-refractivity contribution in [3.8, 4) is 0 Å². The summed E-state index contributed by atoms with van der Waals surface area (Å²) >= 11 is 4.88. The van der Waals surface area contributed by atoms with Crippen LogP contribution in [0, 0.1) is 13.8 Å². The standard InChI is InChI=1S/C10H12I2/c1-7-3-4-8(2)10(6-12)9(7)5-11/h3-4H,5-6H2,1-2H3. The summed E-state index contributed by atoms with van der Waals surface area (Å²) in [7, 11) is 0. The average molecular weight is 386 g/mol. The van der Waals surface area contributed by atoms with Crippen LogP contribution in [0.4, 0.5) is 0 Å². The van der Waals surface area contributed by atoms with Gasteiger partial charge in [0, 0.05) is 8.86 Å². The molecule has 0 aliphatic rings. The Balaban J connectivity index is 3.28. The molecule has 1 rings (SSSR count). The van der Waals surface area contributed by atoms with Crippen molar-refractivity contribution in [2.45, 2.75) is 22.7 Å². The van der Waals surface area contributed by atoms with E-state index >= 15 is 0 Å². The number of benzene rings is 1. The molecule has 66 valence electrons. The molecular weight excluding hydrogens is 374 g/mol. The second kappa shape index (κ2) is 4.79. The Morgan fingerprint density at radius 2 is 1.25 bits per heavy atom. The predicted molar refractivity (Wildman–Crippen MR) is 71.4 cm³/mol. The lowest BCUT2D eigenvalue weighted by Gasteiger charge is -2.10. The molecule has 0 saturated heterocycles. The molecule has 0 unspecified atom stereocenters. The van der Waals surface area contributed by atoms with Gasteiger partial charge in [0.2, 0.25) is 0 Å². The first kappa shape index (κ1) is 10.8. The average Bonchev–Trinajstić information content (AvgIpc) is 2.08. The quantitative estimate of drug-likeness (QED) is 0.529. The lowest BCUT2D eigenvalue weighted by atomic mass is 10.0. The Labute approximate surface area is 101 Å². The van der Waals surface area contributed by atoms with Crippen LogP contribution in [0.3, 0.4) is 0 Å². The first-order valence-corrected chi connectivity index (χ1v) is 6.95. The second-order valence-corrected chi connectivity index (χ2v) is 4.45. The van der Waals surface area contributed by atoms with Crippen LogP contribution >= 0.6 is 45.2 Å². The van der Waals surface area contributed by atoms with Gasteiger partial charge in [-0.05, 0) is 36.1 Å². The molecule has 0 aromatic heterocycles. The number of alkyl halides is 2. The van der Waals surface area contributed by atoms with E-state index < -0.39 is 0 Å². The van der Waals surface area contributed by atoms with Crippen LogP contribution in [-0.4, -0.2) is 0 Å². The summed E-state index contributed by atoms with van der Waals surface area (Å²) in [5.41, 5.74) is 5.93. The lowest BCUT2D eigenvalue weighted by Crippen LogP contribution is -1.95. The molecule has 1 aromatic carbocycles. The van der Waals surface area contributed by atoms with Gasteiger partial charge >= 0.3 is 0 Å². The molecule has 0 nitrogen and oxygen atoms in total. The van der Waals surface area contributed by atoms with Crippen molar-refractivity contribution in [1.29, 1.82) is 0 Å². The van der Waals surface area contributed by atoms with Gasteiger partial charge < -0.3 is 0 Å². The maximum atomic E-state index is 2.44. The van der Waals surface area contributed by atoms with Crippen LogP contribution in [0.2, 0.25) is 0 Å². The van der Waals surface area contributed by atoms with E-state index in [0.29, 0.717) is 0 Å². The summed E-state index contributed by atoms with van der Waals surface area (Å²) in [5.74, 6) is 0. The second-order valence-electron chi connectivity index (χ2n) is 2.92. The van der Waals surface area contributed by atoms with Crippen LogP contribution < -0.4 is 0 Å². The first-order valence-electron chi connectivity index (χ1n) is 3.90. The summed E-state index contributed by atoms with van der Waals surface area (Å²) < 4.78 is 2.26. The largest absolute Gasteiger partial charge is 0.0812 e. The van der Waals surface area contributed by atoms with Crippen molar-refractivity contribution in [3.05, 3.63) is 34.4 Å². The lowest BCUT2D eigenvalue weighted by molar-refractivity contribution is 1.20. The molecular formula is C10H12I2. The van der Waals surface area contributed by atoms with E-state index in [-0.39, 0.29) is 0 Å². The monoisotopic (exact) mass is 386 g/mol. The molecule has 0 aliphatic heterocycles. The van der Waals surface area contributed by atoms with E-state index in [1.54, 1.807) is 0 Å². The molecule has 12 heavy (non-hydrogen) atoms. The minimum Gasteiger partial charge on any atom is -0.0812 e. The zero-order valence-electron chi connectivity index (χ0n) is 7.32. The molecule has 0 amide bonds. The summed E-state index contributed by atoms with van der Waals surface area (Å²) in [6.45, 7) is 4.40. The van der Waals surface area contributed by atoms with Crippen molar-refractivity contribution in [2.24, 2.45) is 0 Å². The van der Waals surface area contributed by atoms with E-state index in [9.17, 15) is 0 Å². The molecule has 0 radical (unpaired) electrons. The van der Waals surface area contributed by atoms with E-state index in [4.69, 9.17) is 0 Å². The minimum atomic E-state index is 1.13. The smallest absolute Gasteiger partial charge is 0.0252 e. The highest BCUT2D eigenvalue weighted by atomic mass is 127. The Kier molecular flexibility index (Phi) is 4.29. The van der Waals surface area contributed by atoms with Crippen LogP contribution in [0.15, 0.2) is 12.1 Å². The summed E-state index contributed by atoms with van der Waals surface area (Å²) in [6, 6.07) is 4.44. The topological polar surface area (TPSA) is 0 Å². The Bertz CT molecular complexity index is 250. The third kappa shape index (κ3) is 2.13. The number of hydrogen-bond acceptors (Lipinski definition) is 0. The number of hydrogen-bond donors (Lipinski definition) is 0. The highest BCUT2D eigenvalue weighted by molar-refractivity contribution is 14.1. The molecule has 0 heterocycles. The van der Waals surface area contributed by atoms with Gasteiger partial charge in [0.05, 0.1) is 0 Å². The zero-order chi connectivity index (χ0) is 9.14. The highest BCUT2D eigenvalue weighted by Crippen LogP contribution is 2.23. The van der Waals surface area contributed by atoms with Gasteiger partial charge in [0.15, 0.2) is 0 Å². The van der Waals surface area contributed by atoms with Crippen LogP contribution in [0.5, 0.6) is 0 Å². The third-order valence-corrected chi connectivity index (χ3v) is 3.69. The van der Waals surface area contributed by atoms with Crippen LogP contribution in [0.1, 0.15) is 22.3 Å². The molecule has 0 atom stereocenters. The Morgan fingerprint density at radius 1 is 0.917 bits per heavy atom. The van der Waals surface area contributed by atoms with Gasteiger partial charge in [-0.2, -0.15) is 0 Å². The number of aryl methyl sites for hydroxylation is 2. The molecule has 0 spiro atoms. The summed E-state index contributed by atoms with van der Waals surface area (Å²) in [6.07, 6.45) is 0. The van der Waals surface area contributed by atoms with Crippen molar-refractivity contribution in [2.75, 3.05) is 0 Å². The Hall–Kier alpha value is 0.680. The molecule has 1 aromatic rings. The minimum absolute atomic E-state index is 1.13. The maximum absolute atomic E-state index is 2.44. The van der Waals surface area contributed by atoms with Crippen molar-refractivity contribution >= 4 is 45.2 Å². The molecule has 2 heteroatoms. The first-order chi connectivity index (χ1) is 5.70. The molecule has 0 bridgehead atoms. The summed E-state index contributed by atoms with van der Waals surface area (Å²) in [4.78, 5) is 0. The van der Waals surface area contributed by atoms with Gasteiger partial charge in [-0.1, -0.05) is 57.3 Å². The molecule has 0 N–H and O–H groups in total. The SMILES string of the molecule is Cc1ccc(C)c(CI)c1CI. The molecule has 0 aliphatic carbocycles. The molecule has 0 saturated carbocycles. The fourth-order valence-electron chi connectivity index (χ4n) is 1.30. The van der Waals surface area contributed by atoms with E-state index in [0.717, 1.165) is 8.86 Å². The van der Waals surface area contributed by atoms with E-state index in [1.165, 1.54) is 22.3 Å². The number of rotatable bonds is 2. The maximum Gasteiger partial charge on any atom is 0.0252 e. The fraction of sp³-hybridized carbons (Fsp3) is 0.400. The van der Waals surface area contributed by atoms with Crippen LogP contribution in [0.25, 0.3) is 0 Å². The van der Waals surface area contributed by atoms with Crippen LogP contribution in [-0.2, 0) is 8.86 Å². The van der Waals surface area contributed by atoms with Gasteiger partial charge in [0.25, 0.3) is 0 Å². The van der Waals surface area contributed by atoms with Gasteiger partial charge in [0.1, 0.15) is 0 Å². The summed E-state index contributed by atoms with van der Waals surface area (Å²) in [5, 5.41) is 0. The third-order valence-electron chi connectivity index (χ3n) is 2.17. The highest BCUT2D eigenvalue weighted by Gasteiger charge is 2.05. The Morgan fingerprint density at radius 3 is 1.50 bits per heavy atom. The van der Waals surface area contributed by atoms with E-state index in [1.807, 2.05) is 0 Å².